The predicted octanol–water partition coefficient (Wildman–Crippen LogP) is 2.45. The largest absolute Gasteiger partial charge is 0.472 e. The summed E-state index contributed by atoms with van der Waals surface area (Å²) in [6, 6.07) is 2.04. The normalized spacial score (nSPS) is 25.0. The molecule has 0 aliphatic carbocycles. The number of amides is 1. The first kappa shape index (κ1) is 16.4. The molecule has 0 saturated carbocycles. The zero-order valence-electron chi connectivity index (χ0n) is 14.6. The molecule has 1 N–H and O–H groups in total. The number of carbonyl (C=O) groups excluding carboxylic acids is 1. The number of aromatic nitrogens is 2. The van der Waals surface area contributed by atoms with Crippen LogP contribution in [-0.2, 0) is 17.8 Å². The summed E-state index contributed by atoms with van der Waals surface area (Å²) in [5.41, 5.74) is 2.59. The Balaban J connectivity index is 1.39. The van der Waals surface area contributed by atoms with E-state index < -0.39 is 0 Å². The van der Waals surface area contributed by atoms with Crippen molar-refractivity contribution >= 4 is 5.91 Å². The maximum atomic E-state index is 12.4. The molecule has 1 atom stereocenters. The van der Waals surface area contributed by atoms with Crippen molar-refractivity contribution in [3.63, 3.8) is 0 Å². The van der Waals surface area contributed by atoms with Crippen molar-refractivity contribution in [2.24, 2.45) is 5.41 Å². The molecular formula is C19H26N4O2. The van der Waals surface area contributed by atoms with Gasteiger partial charge in [0.25, 0.3) is 0 Å². The Labute approximate surface area is 148 Å². The monoisotopic (exact) mass is 342 g/mol. The maximum absolute atomic E-state index is 12.4. The van der Waals surface area contributed by atoms with Crippen molar-refractivity contribution in [2.75, 3.05) is 26.2 Å². The van der Waals surface area contributed by atoms with Crippen LogP contribution in [0.4, 0.5) is 0 Å². The van der Waals surface area contributed by atoms with Crippen molar-refractivity contribution in [3.05, 3.63) is 42.4 Å². The van der Waals surface area contributed by atoms with Gasteiger partial charge >= 0.3 is 0 Å². The minimum atomic E-state index is 0.254. The highest BCUT2D eigenvalue weighted by molar-refractivity contribution is 5.77. The fourth-order valence-corrected chi connectivity index (χ4v) is 4.40. The van der Waals surface area contributed by atoms with Crippen LogP contribution in [0, 0.1) is 5.41 Å². The third kappa shape index (κ3) is 3.79. The van der Waals surface area contributed by atoms with Gasteiger partial charge in [-0.3, -0.25) is 9.69 Å². The molecule has 4 heterocycles. The third-order valence-corrected chi connectivity index (χ3v) is 5.68. The number of nitrogens with zero attached hydrogens (tertiary/aromatic N) is 3. The summed E-state index contributed by atoms with van der Waals surface area (Å²) in [5, 5.41) is 0. The summed E-state index contributed by atoms with van der Waals surface area (Å²) in [5.74, 6) is 0.303. The van der Waals surface area contributed by atoms with E-state index in [4.69, 9.17) is 4.42 Å². The summed E-state index contributed by atoms with van der Waals surface area (Å²) in [4.78, 5) is 24.2. The van der Waals surface area contributed by atoms with Crippen LogP contribution in [0.25, 0.3) is 0 Å². The van der Waals surface area contributed by atoms with E-state index in [1.165, 1.54) is 18.4 Å². The minimum Gasteiger partial charge on any atom is -0.472 e. The fourth-order valence-electron chi connectivity index (χ4n) is 4.40. The quantitative estimate of drug-likeness (QED) is 0.906. The van der Waals surface area contributed by atoms with E-state index in [9.17, 15) is 4.79 Å². The van der Waals surface area contributed by atoms with E-state index in [2.05, 4.69) is 19.8 Å². The number of H-pyrrole nitrogens is 1. The first-order chi connectivity index (χ1) is 12.2. The smallest absolute Gasteiger partial charge is 0.222 e. The van der Waals surface area contributed by atoms with Gasteiger partial charge in [0.05, 0.1) is 18.9 Å². The number of furan rings is 1. The molecular weight excluding hydrogens is 316 g/mol. The summed E-state index contributed by atoms with van der Waals surface area (Å²) in [6.45, 7) is 4.83. The molecule has 2 aliphatic heterocycles. The number of hydrogen-bond acceptors (Lipinski definition) is 4. The van der Waals surface area contributed by atoms with Crippen molar-refractivity contribution in [3.8, 4) is 0 Å². The van der Waals surface area contributed by atoms with Crippen LogP contribution in [0.2, 0.25) is 0 Å². The average molecular weight is 342 g/mol. The van der Waals surface area contributed by atoms with Crippen LogP contribution >= 0.6 is 0 Å². The van der Waals surface area contributed by atoms with Gasteiger partial charge in [0.2, 0.25) is 5.91 Å². The zero-order chi connectivity index (χ0) is 17.1. The number of piperidine rings is 2. The van der Waals surface area contributed by atoms with Crippen LogP contribution in [-0.4, -0.2) is 51.9 Å². The van der Waals surface area contributed by atoms with E-state index >= 15 is 0 Å². The molecule has 6 nitrogen and oxygen atoms in total. The molecule has 4 rings (SSSR count). The number of rotatable bonds is 5. The van der Waals surface area contributed by atoms with Crippen molar-refractivity contribution in [1.29, 1.82) is 0 Å². The van der Waals surface area contributed by atoms with Gasteiger partial charge in [-0.25, -0.2) is 4.98 Å². The molecule has 2 fully saturated rings. The number of hydrogen-bond donors (Lipinski definition) is 1. The van der Waals surface area contributed by atoms with E-state index in [0.717, 1.165) is 51.3 Å². The number of nitrogens with one attached hydrogen (secondary N) is 1. The van der Waals surface area contributed by atoms with Gasteiger partial charge in [-0.05, 0) is 31.9 Å². The highest BCUT2D eigenvalue weighted by atomic mass is 16.3. The van der Waals surface area contributed by atoms with Crippen molar-refractivity contribution in [2.45, 2.75) is 38.6 Å². The molecule has 2 saturated heterocycles. The maximum Gasteiger partial charge on any atom is 0.222 e. The van der Waals surface area contributed by atoms with Gasteiger partial charge in [-0.15, -0.1) is 0 Å². The molecule has 0 radical (unpaired) electrons. The molecule has 0 aromatic carbocycles. The Kier molecular flexibility index (Phi) is 4.61. The average Bonchev–Trinajstić information content (AvgIpc) is 3.30. The summed E-state index contributed by atoms with van der Waals surface area (Å²) in [7, 11) is 0. The summed E-state index contributed by atoms with van der Waals surface area (Å²) in [6.07, 6.45) is 12.1. The van der Waals surface area contributed by atoms with E-state index in [-0.39, 0.29) is 5.41 Å². The van der Waals surface area contributed by atoms with Gasteiger partial charge in [0.15, 0.2) is 0 Å². The minimum absolute atomic E-state index is 0.254. The number of imidazole rings is 1. The lowest BCUT2D eigenvalue weighted by Crippen LogP contribution is -2.54. The number of likely N-dealkylation sites (tertiary alicyclic amines) is 2. The first-order valence-corrected chi connectivity index (χ1v) is 9.21. The fraction of sp³-hybridized carbons (Fsp3) is 0.579. The molecule has 2 aromatic rings. The SMILES string of the molecule is O=C1CC[C@]2(CCCN(Cc3ccoc3)C2)CN1CCc1cnc[nH]1. The highest BCUT2D eigenvalue weighted by Crippen LogP contribution is 2.39. The molecule has 6 heteroatoms. The second-order valence-electron chi connectivity index (χ2n) is 7.59. The lowest BCUT2D eigenvalue weighted by Gasteiger charge is -2.48. The molecule has 2 aromatic heterocycles. The lowest BCUT2D eigenvalue weighted by atomic mass is 9.73. The summed E-state index contributed by atoms with van der Waals surface area (Å²) < 4.78 is 5.20. The van der Waals surface area contributed by atoms with Crippen LogP contribution < -0.4 is 0 Å². The second-order valence-corrected chi connectivity index (χ2v) is 7.59. The van der Waals surface area contributed by atoms with Crippen LogP contribution in [0.3, 0.4) is 0 Å². The lowest BCUT2D eigenvalue weighted by molar-refractivity contribution is -0.139. The van der Waals surface area contributed by atoms with Crippen LogP contribution in [0.15, 0.2) is 35.5 Å². The van der Waals surface area contributed by atoms with Gasteiger partial charge in [-0.2, -0.15) is 0 Å². The second kappa shape index (κ2) is 7.04. The van der Waals surface area contributed by atoms with E-state index in [0.29, 0.717) is 12.3 Å². The molecule has 1 spiro atoms. The standard InChI is InChI=1S/C19H26N4O2/c24-18-2-6-19(14-23(18)8-3-17-10-20-15-21-17)5-1-7-22(13-19)11-16-4-9-25-12-16/h4,9-10,12,15H,1-3,5-8,11,13-14H2,(H,20,21)/t19-/m0/s1. The van der Waals surface area contributed by atoms with Crippen molar-refractivity contribution in [1.82, 2.24) is 19.8 Å². The molecule has 0 unspecified atom stereocenters. The topological polar surface area (TPSA) is 65.4 Å². The number of carbonyl (C=O) groups is 1. The summed E-state index contributed by atoms with van der Waals surface area (Å²) >= 11 is 0. The van der Waals surface area contributed by atoms with Gasteiger partial charge in [0, 0.05) is 61.9 Å². The first-order valence-electron chi connectivity index (χ1n) is 9.21. The Morgan fingerprint density at radius 1 is 1.32 bits per heavy atom. The molecule has 134 valence electrons. The van der Waals surface area contributed by atoms with Crippen LogP contribution in [0.1, 0.15) is 36.9 Å². The van der Waals surface area contributed by atoms with E-state index in [1.54, 1.807) is 12.6 Å². The van der Waals surface area contributed by atoms with Gasteiger partial charge in [0.1, 0.15) is 0 Å². The van der Waals surface area contributed by atoms with Crippen LogP contribution in [0.5, 0.6) is 0 Å². The highest BCUT2D eigenvalue weighted by Gasteiger charge is 2.41. The third-order valence-electron chi connectivity index (χ3n) is 5.68. The van der Waals surface area contributed by atoms with Gasteiger partial charge in [-0.1, -0.05) is 0 Å². The molecule has 1 amide bonds. The Hall–Kier alpha value is -2.08. The molecule has 0 bridgehead atoms. The predicted molar refractivity (Wildman–Crippen MR) is 93.8 cm³/mol. The Morgan fingerprint density at radius 3 is 3.08 bits per heavy atom. The van der Waals surface area contributed by atoms with Gasteiger partial charge < -0.3 is 14.3 Å². The van der Waals surface area contributed by atoms with Crippen molar-refractivity contribution < 1.29 is 9.21 Å². The number of aromatic amines is 1. The Bertz CT molecular complexity index is 682. The zero-order valence-corrected chi connectivity index (χ0v) is 14.6. The molecule has 25 heavy (non-hydrogen) atoms. The molecule has 2 aliphatic rings. The van der Waals surface area contributed by atoms with E-state index in [1.807, 2.05) is 18.5 Å². The Morgan fingerprint density at radius 2 is 2.28 bits per heavy atom.